The number of H-pyrrole nitrogens is 1. The predicted octanol–water partition coefficient (Wildman–Crippen LogP) is 0.711. The number of anilines is 1. The molecule has 3 rings (SSSR count). The Kier molecular flexibility index (Phi) is 6.78. The summed E-state index contributed by atoms with van der Waals surface area (Å²) in [6, 6.07) is 1.85. The average molecular weight is 363 g/mol. The van der Waals surface area contributed by atoms with Crippen LogP contribution in [0, 0.1) is 5.92 Å². The SMILES string of the molecule is CC(C)(O)O.O=C(c1ccn[nH]1)c1cncnc1NC1CCC(CO)C1. The van der Waals surface area contributed by atoms with E-state index in [4.69, 9.17) is 10.2 Å². The summed E-state index contributed by atoms with van der Waals surface area (Å²) < 4.78 is 0. The van der Waals surface area contributed by atoms with Crippen molar-refractivity contribution < 1.29 is 20.1 Å². The lowest BCUT2D eigenvalue weighted by atomic mass is 10.1. The predicted molar refractivity (Wildman–Crippen MR) is 94.4 cm³/mol. The van der Waals surface area contributed by atoms with Crippen LogP contribution in [0.25, 0.3) is 0 Å². The van der Waals surface area contributed by atoms with Crippen molar-refractivity contribution >= 4 is 11.6 Å². The minimum Gasteiger partial charge on any atom is -0.396 e. The summed E-state index contributed by atoms with van der Waals surface area (Å²) >= 11 is 0. The lowest BCUT2D eigenvalue weighted by molar-refractivity contribution is -0.127. The van der Waals surface area contributed by atoms with Gasteiger partial charge >= 0.3 is 0 Å². The van der Waals surface area contributed by atoms with Gasteiger partial charge in [-0.2, -0.15) is 5.10 Å². The van der Waals surface area contributed by atoms with Crippen LogP contribution in [0.4, 0.5) is 5.82 Å². The minimum atomic E-state index is -1.50. The van der Waals surface area contributed by atoms with E-state index in [-0.39, 0.29) is 18.4 Å². The molecule has 26 heavy (non-hydrogen) atoms. The van der Waals surface area contributed by atoms with E-state index in [1.165, 1.54) is 32.6 Å². The number of aromatic nitrogens is 4. The zero-order valence-electron chi connectivity index (χ0n) is 14.9. The van der Waals surface area contributed by atoms with Crippen molar-refractivity contribution in [1.29, 1.82) is 0 Å². The van der Waals surface area contributed by atoms with Gasteiger partial charge in [-0.1, -0.05) is 0 Å². The van der Waals surface area contributed by atoms with Crippen LogP contribution in [0.3, 0.4) is 0 Å². The number of rotatable bonds is 5. The third kappa shape index (κ3) is 6.17. The van der Waals surface area contributed by atoms with Gasteiger partial charge in [0, 0.05) is 25.0 Å². The second-order valence-corrected chi connectivity index (χ2v) is 6.78. The number of hydrogen-bond acceptors (Lipinski definition) is 8. The molecule has 142 valence electrons. The Bertz CT molecular complexity index is 693. The number of ketones is 1. The molecule has 1 aliphatic rings. The zero-order valence-corrected chi connectivity index (χ0v) is 14.9. The first-order chi connectivity index (χ1) is 12.3. The van der Waals surface area contributed by atoms with Gasteiger partial charge in [0.2, 0.25) is 5.78 Å². The van der Waals surface area contributed by atoms with Crippen LogP contribution in [-0.4, -0.2) is 59.7 Å². The largest absolute Gasteiger partial charge is 0.396 e. The smallest absolute Gasteiger partial charge is 0.216 e. The zero-order chi connectivity index (χ0) is 19.2. The van der Waals surface area contributed by atoms with E-state index in [1.807, 2.05) is 0 Å². The van der Waals surface area contributed by atoms with Gasteiger partial charge in [-0.25, -0.2) is 9.97 Å². The van der Waals surface area contributed by atoms with Crippen LogP contribution in [0.1, 0.15) is 49.2 Å². The maximum Gasteiger partial charge on any atom is 0.216 e. The summed E-state index contributed by atoms with van der Waals surface area (Å²) in [5.41, 5.74) is 0.835. The fourth-order valence-corrected chi connectivity index (χ4v) is 2.70. The number of aliphatic hydroxyl groups is 3. The minimum absolute atomic E-state index is 0.188. The molecule has 0 saturated heterocycles. The average Bonchev–Trinajstić information content (AvgIpc) is 3.25. The lowest BCUT2D eigenvalue weighted by Gasteiger charge is -2.15. The highest BCUT2D eigenvalue weighted by Gasteiger charge is 2.26. The molecule has 1 fully saturated rings. The van der Waals surface area contributed by atoms with E-state index in [0.717, 1.165) is 19.3 Å². The molecule has 2 atom stereocenters. The monoisotopic (exact) mass is 363 g/mol. The van der Waals surface area contributed by atoms with E-state index < -0.39 is 5.79 Å². The van der Waals surface area contributed by atoms with Gasteiger partial charge in [-0.05, 0) is 45.1 Å². The number of aromatic amines is 1. The van der Waals surface area contributed by atoms with Crippen LogP contribution in [0.5, 0.6) is 0 Å². The molecule has 0 aliphatic heterocycles. The number of carbonyl (C=O) groups is 1. The van der Waals surface area contributed by atoms with Gasteiger partial charge in [0.25, 0.3) is 0 Å². The molecule has 2 aromatic heterocycles. The number of carbonyl (C=O) groups excluding carboxylic acids is 1. The van der Waals surface area contributed by atoms with Crippen LogP contribution in [-0.2, 0) is 0 Å². The van der Waals surface area contributed by atoms with Crippen molar-refractivity contribution in [2.24, 2.45) is 5.92 Å². The van der Waals surface area contributed by atoms with Gasteiger partial charge in [-0.15, -0.1) is 0 Å². The first-order valence-corrected chi connectivity index (χ1v) is 8.44. The Labute approximate surface area is 151 Å². The van der Waals surface area contributed by atoms with Crippen molar-refractivity contribution in [2.75, 3.05) is 11.9 Å². The highest BCUT2D eigenvalue weighted by atomic mass is 16.5. The van der Waals surface area contributed by atoms with Crippen LogP contribution >= 0.6 is 0 Å². The Balaban J connectivity index is 0.000000431. The Morgan fingerprint density at radius 3 is 2.69 bits per heavy atom. The summed E-state index contributed by atoms with van der Waals surface area (Å²) in [6.07, 6.45) is 7.31. The Morgan fingerprint density at radius 2 is 2.12 bits per heavy atom. The number of hydrogen-bond donors (Lipinski definition) is 5. The van der Waals surface area contributed by atoms with Crippen molar-refractivity contribution in [1.82, 2.24) is 20.2 Å². The first-order valence-electron chi connectivity index (χ1n) is 8.44. The fraction of sp³-hybridized carbons (Fsp3) is 0.529. The van der Waals surface area contributed by atoms with Crippen molar-refractivity contribution in [3.63, 3.8) is 0 Å². The third-order valence-electron chi connectivity index (χ3n) is 3.84. The highest BCUT2D eigenvalue weighted by molar-refractivity contribution is 6.10. The summed E-state index contributed by atoms with van der Waals surface area (Å²) in [7, 11) is 0. The van der Waals surface area contributed by atoms with Gasteiger partial charge in [0.15, 0.2) is 5.79 Å². The van der Waals surface area contributed by atoms with Crippen molar-refractivity contribution in [3.8, 4) is 0 Å². The molecule has 0 bridgehead atoms. The van der Waals surface area contributed by atoms with Crippen LogP contribution < -0.4 is 5.32 Å². The highest BCUT2D eigenvalue weighted by Crippen LogP contribution is 2.28. The first kappa shape index (κ1) is 20.0. The van der Waals surface area contributed by atoms with Gasteiger partial charge < -0.3 is 20.6 Å². The normalized spacial score (nSPS) is 19.6. The summed E-state index contributed by atoms with van der Waals surface area (Å²) in [5, 5.41) is 35.1. The Hall–Kier alpha value is -2.36. The van der Waals surface area contributed by atoms with Crippen molar-refractivity contribution in [3.05, 3.63) is 36.0 Å². The topological polar surface area (TPSA) is 144 Å². The van der Waals surface area contributed by atoms with E-state index in [1.54, 1.807) is 6.07 Å². The molecule has 2 unspecified atom stereocenters. The summed E-state index contributed by atoms with van der Waals surface area (Å²) in [4.78, 5) is 20.5. The number of nitrogens with zero attached hydrogens (tertiary/aromatic N) is 3. The second kappa shape index (κ2) is 8.84. The molecule has 9 nitrogen and oxygen atoms in total. The quantitative estimate of drug-likeness (QED) is 0.386. The summed E-state index contributed by atoms with van der Waals surface area (Å²) in [6.45, 7) is 2.81. The molecule has 1 saturated carbocycles. The van der Waals surface area contributed by atoms with E-state index in [2.05, 4.69) is 25.5 Å². The molecular weight excluding hydrogens is 338 g/mol. The van der Waals surface area contributed by atoms with Gasteiger partial charge in [0.05, 0.1) is 5.56 Å². The molecule has 9 heteroatoms. The third-order valence-corrected chi connectivity index (χ3v) is 3.84. The molecule has 0 amide bonds. The van der Waals surface area contributed by atoms with Crippen molar-refractivity contribution in [2.45, 2.75) is 44.9 Å². The fourth-order valence-electron chi connectivity index (χ4n) is 2.70. The number of aliphatic hydroxyl groups excluding tert-OH is 1. The molecule has 5 N–H and O–H groups in total. The molecular formula is C17H25N5O4. The maximum atomic E-state index is 12.4. The van der Waals surface area contributed by atoms with Gasteiger partial charge in [0.1, 0.15) is 17.8 Å². The molecule has 0 spiro atoms. The molecule has 1 aliphatic carbocycles. The van der Waals surface area contributed by atoms with Gasteiger partial charge in [-0.3, -0.25) is 9.89 Å². The lowest BCUT2D eigenvalue weighted by Crippen LogP contribution is -2.20. The summed E-state index contributed by atoms with van der Waals surface area (Å²) in [5.74, 6) is -0.823. The van der Waals surface area contributed by atoms with Crippen LogP contribution in [0.2, 0.25) is 0 Å². The maximum absolute atomic E-state index is 12.4. The molecule has 2 heterocycles. The molecule has 0 radical (unpaired) electrons. The van der Waals surface area contributed by atoms with Crippen LogP contribution in [0.15, 0.2) is 24.8 Å². The van der Waals surface area contributed by atoms with E-state index >= 15 is 0 Å². The van der Waals surface area contributed by atoms with E-state index in [9.17, 15) is 9.90 Å². The standard InChI is InChI=1S/C14H17N5O2.C3H8O2/c20-7-9-1-2-10(5-9)18-14-11(6-15-8-16-14)13(21)12-3-4-17-19-12;1-3(2,4)5/h3-4,6,8-10,20H,1-2,5,7H2,(H,17,19)(H,15,16,18);4-5H,1-2H3. The second-order valence-electron chi connectivity index (χ2n) is 6.78. The van der Waals surface area contributed by atoms with E-state index in [0.29, 0.717) is 23.0 Å². The molecule has 0 aromatic carbocycles. The number of nitrogens with one attached hydrogen (secondary N) is 2. The Morgan fingerprint density at radius 1 is 1.38 bits per heavy atom. The molecule has 2 aromatic rings.